The molecule has 2 aromatic heterocycles. The molecule has 2 aliphatic rings. The van der Waals surface area contributed by atoms with Crippen molar-refractivity contribution >= 4 is 133 Å². The van der Waals surface area contributed by atoms with Gasteiger partial charge in [-0.15, -0.1) is 0 Å². The maximum atomic E-state index is 12.4. The minimum absolute atomic E-state index is 0. The summed E-state index contributed by atoms with van der Waals surface area (Å²) in [5.41, 5.74) is 11.7. The Hall–Kier alpha value is -7.98. The Morgan fingerprint density at radius 2 is 1.01 bits per heavy atom. The number of anilines is 8. The SMILES string of the molecule is Nc1nc2c(c(=O)[nH]1)NC(CN(C=O)c1ccc(C(=O)NC(CCC(=O)[O-])C(=O)O)cc1)CN2.Nc1nc2c(c(=O)[nH]1)NC(CN(C=O)c1ccc(C(=O)NC(CCC(=O)[O-])C(=O)O)cc1)CN2.[Ca+2]. The van der Waals surface area contributed by atoms with Crippen LogP contribution in [0.2, 0.25) is 0 Å². The van der Waals surface area contributed by atoms with Crippen molar-refractivity contribution in [3.8, 4) is 0 Å². The number of nitrogens with zero attached hydrogens (tertiary/aromatic N) is 4. The number of hydrogen-bond donors (Lipinski definition) is 12. The molecule has 360 valence electrons. The van der Waals surface area contributed by atoms with Crippen LogP contribution >= 0.6 is 0 Å². The summed E-state index contributed by atoms with van der Waals surface area (Å²) in [7, 11) is 0. The van der Waals surface area contributed by atoms with Crippen molar-refractivity contribution in [2.24, 2.45) is 0 Å². The Morgan fingerprint density at radius 1 is 0.667 bits per heavy atom. The molecule has 2 aliphatic heterocycles. The molecule has 4 atom stereocenters. The zero-order valence-electron chi connectivity index (χ0n) is 36.2. The van der Waals surface area contributed by atoms with Gasteiger partial charge in [-0.3, -0.25) is 38.7 Å². The summed E-state index contributed by atoms with van der Waals surface area (Å²) < 4.78 is 0. The third-order valence-electron chi connectivity index (χ3n) is 10.1. The number of hydrogen-bond acceptors (Lipinski definition) is 20. The number of H-pyrrole nitrogens is 2. The molecule has 0 spiro atoms. The molecule has 4 unspecified atom stereocenters. The number of aliphatic carboxylic acids is 4. The van der Waals surface area contributed by atoms with Crippen LogP contribution in [0.4, 0.5) is 46.3 Å². The zero-order chi connectivity index (χ0) is 49.7. The van der Waals surface area contributed by atoms with Crippen LogP contribution in [0.25, 0.3) is 0 Å². The van der Waals surface area contributed by atoms with Gasteiger partial charge < -0.3 is 83.2 Å². The average molecular weight is 985 g/mol. The predicted octanol–water partition coefficient (Wildman–Crippen LogP) is -4.51. The molecule has 0 saturated heterocycles. The van der Waals surface area contributed by atoms with Crippen LogP contribution in [0, 0.1) is 0 Å². The van der Waals surface area contributed by atoms with Gasteiger partial charge in [0.2, 0.25) is 24.7 Å². The van der Waals surface area contributed by atoms with Crippen LogP contribution < -0.4 is 74.5 Å². The molecule has 0 saturated carbocycles. The van der Waals surface area contributed by atoms with E-state index in [0.29, 0.717) is 48.9 Å². The van der Waals surface area contributed by atoms with Gasteiger partial charge in [0, 0.05) is 60.6 Å². The number of rotatable bonds is 20. The average Bonchev–Trinajstić information content (AvgIpc) is 3.30. The molecule has 28 nitrogen and oxygen atoms in total. The molecule has 69 heavy (non-hydrogen) atoms. The van der Waals surface area contributed by atoms with Crippen molar-refractivity contribution in [1.29, 1.82) is 0 Å². The minimum atomic E-state index is -1.42. The Bertz CT molecular complexity index is 2490. The van der Waals surface area contributed by atoms with E-state index in [0.717, 1.165) is 0 Å². The largest absolute Gasteiger partial charge is 2.00 e. The van der Waals surface area contributed by atoms with E-state index in [1.807, 2.05) is 0 Å². The van der Waals surface area contributed by atoms with Crippen LogP contribution in [0.1, 0.15) is 46.4 Å². The number of fused-ring (bicyclic) bond motifs is 2. The zero-order valence-corrected chi connectivity index (χ0v) is 38.4. The molecule has 0 radical (unpaired) electrons. The molecule has 2 aromatic carbocycles. The van der Waals surface area contributed by atoms with Crippen molar-refractivity contribution < 1.29 is 58.8 Å². The number of carboxylic acids is 4. The van der Waals surface area contributed by atoms with Crippen LogP contribution in [-0.4, -0.2) is 167 Å². The van der Waals surface area contributed by atoms with Gasteiger partial charge in [-0.05, 0) is 74.2 Å². The standard InChI is InChI=1S/2C20H23N7O7.Ca/c2*21-20-25-16-15(18(32)26-20)23-11(7-22-16)8-27(9-28)12-3-1-10(2-4-12)17(31)24-13(19(33)34)5-6-14(29)30;/h2*1-4,9,11,13,23H,5-8H2,(H,24,31)(H,29,30)(H,33,34)(H4,21,22,25,26,32);/q;;+2/p-2. The summed E-state index contributed by atoms with van der Waals surface area (Å²) in [6, 6.07) is 8.14. The summed E-state index contributed by atoms with van der Waals surface area (Å²) >= 11 is 0. The van der Waals surface area contributed by atoms with E-state index in [1.54, 1.807) is 0 Å². The fourth-order valence-corrected chi connectivity index (χ4v) is 6.70. The number of benzene rings is 2. The van der Waals surface area contributed by atoms with Crippen molar-refractivity contribution in [1.82, 2.24) is 30.6 Å². The number of carbonyl (C=O) groups is 8. The van der Waals surface area contributed by atoms with Gasteiger partial charge in [0.25, 0.3) is 22.9 Å². The smallest absolute Gasteiger partial charge is 0.550 e. The van der Waals surface area contributed by atoms with Crippen LogP contribution in [0.3, 0.4) is 0 Å². The quantitative estimate of drug-likeness (QED) is 0.0293. The summed E-state index contributed by atoms with van der Waals surface area (Å²) in [5.74, 6) is -6.44. The fourth-order valence-electron chi connectivity index (χ4n) is 6.70. The number of carboxylic acid groups (broad SMARTS) is 4. The number of nitrogens with one attached hydrogen (secondary N) is 8. The van der Waals surface area contributed by atoms with E-state index in [4.69, 9.17) is 21.7 Å². The van der Waals surface area contributed by atoms with Gasteiger partial charge in [-0.2, -0.15) is 9.97 Å². The Kier molecular flexibility index (Phi) is 19.2. The van der Waals surface area contributed by atoms with Gasteiger partial charge in [-0.1, -0.05) is 0 Å². The van der Waals surface area contributed by atoms with Gasteiger partial charge in [0.15, 0.2) is 11.6 Å². The number of aromatic nitrogens is 4. The maximum absolute atomic E-state index is 12.4. The van der Waals surface area contributed by atoms with E-state index in [-0.39, 0.29) is 110 Å². The number of nitrogen functional groups attached to an aromatic ring is 2. The second-order valence-electron chi connectivity index (χ2n) is 15.0. The molecule has 0 aliphatic carbocycles. The van der Waals surface area contributed by atoms with E-state index in [1.165, 1.54) is 58.3 Å². The first-order valence-electron chi connectivity index (χ1n) is 20.3. The molecule has 0 bridgehead atoms. The third-order valence-corrected chi connectivity index (χ3v) is 10.1. The molecule has 0 fully saturated rings. The number of carbonyl (C=O) groups excluding carboxylic acids is 6. The Balaban J connectivity index is 0.000000296. The van der Waals surface area contributed by atoms with E-state index in [2.05, 4.69) is 51.8 Å². The topological polar surface area (TPSA) is 445 Å². The predicted molar refractivity (Wildman–Crippen MR) is 242 cm³/mol. The van der Waals surface area contributed by atoms with Crippen LogP contribution in [-0.2, 0) is 28.8 Å². The third kappa shape index (κ3) is 15.0. The molecule has 4 amide bonds. The summed E-state index contributed by atoms with van der Waals surface area (Å²) in [6.45, 7) is 1.07. The second kappa shape index (κ2) is 24.7. The van der Waals surface area contributed by atoms with Crippen molar-refractivity contribution in [2.45, 2.75) is 49.9 Å². The Labute approximate surface area is 418 Å². The number of amides is 4. The molecule has 6 rings (SSSR count). The Morgan fingerprint density at radius 3 is 1.32 bits per heavy atom. The minimum Gasteiger partial charge on any atom is -0.550 e. The molecule has 29 heteroatoms. The summed E-state index contributed by atoms with van der Waals surface area (Å²) in [5, 5.41) is 56.0. The van der Waals surface area contributed by atoms with Crippen molar-refractivity contribution in [2.75, 3.05) is 68.7 Å². The van der Waals surface area contributed by atoms with Gasteiger partial charge >= 0.3 is 49.7 Å². The number of nitrogens with two attached hydrogens (primary N) is 2. The van der Waals surface area contributed by atoms with Crippen LogP contribution in [0.15, 0.2) is 58.1 Å². The molecule has 4 heterocycles. The van der Waals surface area contributed by atoms with E-state index >= 15 is 0 Å². The van der Waals surface area contributed by atoms with E-state index < -0.39 is 71.7 Å². The van der Waals surface area contributed by atoms with Gasteiger partial charge in [0.05, 0.1) is 12.1 Å². The number of aromatic amines is 2. The monoisotopic (exact) mass is 984 g/mol. The maximum Gasteiger partial charge on any atom is 2.00 e. The van der Waals surface area contributed by atoms with Crippen molar-refractivity contribution in [3.05, 3.63) is 80.4 Å². The summed E-state index contributed by atoms with van der Waals surface area (Å²) in [4.78, 5) is 131. The normalized spacial score (nSPS) is 14.9. The first kappa shape index (κ1) is 53.6. The van der Waals surface area contributed by atoms with Crippen LogP contribution in [0.5, 0.6) is 0 Å². The molecule has 4 aromatic rings. The van der Waals surface area contributed by atoms with Crippen molar-refractivity contribution in [3.63, 3.8) is 0 Å². The summed E-state index contributed by atoms with van der Waals surface area (Å²) in [6.07, 6.45) is -0.493. The molecular weight excluding hydrogens is 941 g/mol. The fraction of sp³-hybridized carbons (Fsp3) is 0.300. The molecular formula is C40H44CaN14O14. The first-order chi connectivity index (χ1) is 32.3. The molecule has 14 N–H and O–H groups in total. The van der Waals surface area contributed by atoms with E-state index in [9.17, 15) is 58.2 Å². The van der Waals surface area contributed by atoms with Gasteiger partial charge in [0.1, 0.15) is 23.5 Å². The van der Waals surface area contributed by atoms with Gasteiger partial charge in [-0.25, -0.2) is 9.59 Å². The second-order valence-corrected chi connectivity index (χ2v) is 15.0. The first-order valence-corrected chi connectivity index (χ1v) is 20.3.